The van der Waals surface area contributed by atoms with Gasteiger partial charge in [-0.15, -0.1) is 0 Å². The first kappa shape index (κ1) is 13.8. The number of fused-ring (bicyclic) bond motifs is 1. The van der Waals surface area contributed by atoms with Gasteiger partial charge in [-0.2, -0.15) is 0 Å². The number of carboxylic acid groups (broad SMARTS) is 1. The first-order valence-electron chi connectivity index (χ1n) is 6.52. The maximum absolute atomic E-state index is 14.4. The number of aliphatic carboxylic acids is 1. The van der Waals surface area contributed by atoms with Crippen molar-refractivity contribution in [2.24, 2.45) is 0 Å². The summed E-state index contributed by atoms with van der Waals surface area (Å²) < 4.78 is 20.2. The molecule has 0 radical (unpaired) electrons. The zero-order valence-corrected chi connectivity index (χ0v) is 11.5. The van der Waals surface area contributed by atoms with E-state index in [1.807, 2.05) is 13.8 Å². The normalized spacial score (nSPS) is 18.3. The van der Waals surface area contributed by atoms with Crippen LogP contribution in [0.5, 0.6) is 5.75 Å². The van der Waals surface area contributed by atoms with Crippen LogP contribution in [0.2, 0.25) is 0 Å². The molecule has 1 aromatic rings. The Balaban J connectivity index is 2.33. The quantitative estimate of drug-likeness (QED) is 0.910. The van der Waals surface area contributed by atoms with Crippen molar-refractivity contribution in [1.29, 1.82) is 0 Å². The molecule has 1 aromatic carbocycles. The van der Waals surface area contributed by atoms with Crippen molar-refractivity contribution in [2.75, 3.05) is 0 Å². The minimum absolute atomic E-state index is 0.0674. The molecule has 0 aliphatic carbocycles. The first-order valence-corrected chi connectivity index (χ1v) is 6.52. The zero-order valence-electron chi connectivity index (χ0n) is 11.5. The SMILES string of the molecule is CC(CC(=O)O)c1ccc2c(c1F)CCC(C)(C)O2. The third-order valence-electron chi connectivity index (χ3n) is 3.61. The van der Waals surface area contributed by atoms with Crippen LogP contribution in [0.4, 0.5) is 4.39 Å². The van der Waals surface area contributed by atoms with Crippen LogP contribution in [0, 0.1) is 5.82 Å². The number of benzene rings is 1. The maximum atomic E-state index is 14.4. The van der Waals surface area contributed by atoms with Gasteiger partial charge in [0.05, 0.1) is 6.42 Å². The highest BCUT2D eigenvalue weighted by molar-refractivity contribution is 5.68. The summed E-state index contributed by atoms with van der Waals surface area (Å²) in [6.07, 6.45) is 1.32. The lowest BCUT2D eigenvalue weighted by Crippen LogP contribution is -2.33. The number of ether oxygens (including phenoxy) is 1. The predicted molar refractivity (Wildman–Crippen MR) is 70.1 cm³/mol. The average molecular weight is 266 g/mol. The van der Waals surface area contributed by atoms with Crippen LogP contribution in [0.15, 0.2) is 12.1 Å². The third-order valence-corrected chi connectivity index (χ3v) is 3.61. The molecule has 1 unspecified atom stereocenters. The summed E-state index contributed by atoms with van der Waals surface area (Å²) in [6, 6.07) is 3.40. The molecule has 0 bridgehead atoms. The molecular weight excluding hydrogens is 247 g/mol. The minimum Gasteiger partial charge on any atom is -0.487 e. The second-order valence-electron chi connectivity index (χ2n) is 5.81. The third kappa shape index (κ3) is 2.88. The lowest BCUT2D eigenvalue weighted by Gasteiger charge is -2.33. The van der Waals surface area contributed by atoms with Crippen LogP contribution >= 0.6 is 0 Å². The van der Waals surface area contributed by atoms with Gasteiger partial charge in [0.25, 0.3) is 0 Å². The number of hydrogen-bond acceptors (Lipinski definition) is 2. The fraction of sp³-hybridized carbons (Fsp3) is 0.533. The predicted octanol–water partition coefficient (Wildman–Crippen LogP) is 3.51. The van der Waals surface area contributed by atoms with Gasteiger partial charge in [-0.1, -0.05) is 13.0 Å². The fourth-order valence-electron chi connectivity index (χ4n) is 2.48. The number of carboxylic acids is 1. The van der Waals surface area contributed by atoms with Crippen molar-refractivity contribution in [3.05, 3.63) is 29.1 Å². The summed E-state index contributed by atoms with van der Waals surface area (Å²) >= 11 is 0. The lowest BCUT2D eigenvalue weighted by molar-refractivity contribution is -0.137. The minimum atomic E-state index is -0.915. The lowest BCUT2D eigenvalue weighted by atomic mass is 9.89. The number of carbonyl (C=O) groups is 1. The zero-order chi connectivity index (χ0) is 14.2. The standard InChI is InChI=1S/C15H19FO3/c1-9(8-13(17)18)10-4-5-12-11(14(10)16)6-7-15(2,3)19-12/h4-5,9H,6-8H2,1-3H3,(H,17,18). The van der Waals surface area contributed by atoms with Gasteiger partial charge in [0.1, 0.15) is 17.2 Å². The van der Waals surface area contributed by atoms with E-state index in [1.54, 1.807) is 19.1 Å². The molecule has 0 fully saturated rings. The Hall–Kier alpha value is -1.58. The van der Waals surface area contributed by atoms with E-state index in [2.05, 4.69) is 0 Å². The molecule has 0 aromatic heterocycles. The van der Waals surface area contributed by atoms with Crippen LogP contribution < -0.4 is 4.74 Å². The van der Waals surface area contributed by atoms with Gasteiger partial charge < -0.3 is 9.84 Å². The highest BCUT2D eigenvalue weighted by atomic mass is 19.1. The highest BCUT2D eigenvalue weighted by Gasteiger charge is 2.30. The Kier molecular flexibility index (Phi) is 3.52. The maximum Gasteiger partial charge on any atom is 0.303 e. The molecule has 104 valence electrons. The molecule has 0 spiro atoms. The molecule has 0 saturated carbocycles. The van der Waals surface area contributed by atoms with Crippen molar-refractivity contribution in [3.8, 4) is 5.75 Å². The van der Waals surface area contributed by atoms with E-state index in [-0.39, 0.29) is 23.8 Å². The first-order chi connectivity index (χ1) is 8.80. The largest absolute Gasteiger partial charge is 0.487 e. The molecule has 19 heavy (non-hydrogen) atoms. The van der Waals surface area contributed by atoms with Crippen LogP contribution in [-0.4, -0.2) is 16.7 Å². The van der Waals surface area contributed by atoms with Gasteiger partial charge in [-0.3, -0.25) is 4.79 Å². The van der Waals surface area contributed by atoms with Crippen molar-refractivity contribution in [2.45, 2.75) is 51.6 Å². The summed E-state index contributed by atoms with van der Waals surface area (Å²) in [5.41, 5.74) is 0.770. The fourth-order valence-corrected chi connectivity index (χ4v) is 2.48. The molecule has 1 aliphatic heterocycles. The Morgan fingerprint density at radius 3 is 2.84 bits per heavy atom. The second-order valence-corrected chi connectivity index (χ2v) is 5.81. The molecule has 1 aliphatic rings. The molecule has 0 amide bonds. The number of rotatable bonds is 3. The second kappa shape index (κ2) is 4.83. The van der Waals surface area contributed by atoms with Crippen molar-refractivity contribution in [3.63, 3.8) is 0 Å². The van der Waals surface area contributed by atoms with Gasteiger partial charge in [-0.05, 0) is 44.2 Å². The molecule has 0 saturated heterocycles. The van der Waals surface area contributed by atoms with E-state index in [9.17, 15) is 9.18 Å². The van der Waals surface area contributed by atoms with Gasteiger partial charge in [-0.25, -0.2) is 4.39 Å². The van der Waals surface area contributed by atoms with Gasteiger partial charge in [0.2, 0.25) is 0 Å². The van der Waals surface area contributed by atoms with Crippen LogP contribution in [-0.2, 0) is 11.2 Å². The molecule has 3 nitrogen and oxygen atoms in total. The number of halogens is 1. The number of hydrogen-bond donors (Lipinski definition) is 1. The van der Waals surface area contributed by atoms with E-state index in [0.29, 0.717) is 23.3 Å². The molecule has 1 heterocycles. The topological polar surface area (TPSA) is 46.5 Å². The Morgan fingerprint density at radius 2 is 2.21 bits per heavy atom. The van der Waals surface area contributed by atoms with E-state index >= 15 is 0 Å². The summed E-state index contributed by atoms with van der Waals surface area (Å²) in [6.45, 7) is 5.69. The van der Waals surface area contributed by atoms with E-state index in [4.69, 9.17) is 9.84 Å². The summed E-state index contributed by atoms with van der Waals surface area (Å²) in [5, 5.41) is 8.80. The highest BCUT2D eigenvalue weighted by Crippen LogP contribution is 2.37. The van der Waals surface area contributed by atoms with Crippen molar-refractivity contribution < 1.29 is 19.0 Å². The monoisotopic (exact) mass is 266 g/mol. The van der Waals surface area contributed by atoms with Gasteiger partial charge in [0.15, 0.2) is 0 Å². The Bertz CT molecular complexity index is 508. The summed E-state index contributed by atoms with van der Waals surface area (Å²) in [5.74, 6) is -0.971. The molecule has 1 N–H and O–H groups in total. The molecule has 1 atom stereocenters. The average Bonchev–Trinajstić information content (AvgIpc) is 2.26. The van der Waals surface area contributed by atoms with Gasteiger partial charge in [0, 0.05) is 5.56 Å². The van der Waals surface area contributed by atoms with E-state index in [0.717, 1.165) is 6.42 Å². The van der Waals surface area contributed by atoms with Crippen LogP contribution in [0.3, 0.4) is 0 Å². The summed E-state index contributed by atoms with van der Waals surface area (Å²) in [7, 11) is 0. The van der Waals surface area contributed by atoms with E-state index < -0.39 is 5.97 Å². The summed E-state index contributed by atoms with van der Waals surface area (Å²) in [4.78, 5) is 10.7. The molecule has 2 rings (SSSR count). The molecule has 4 heteroatoms. The van der Waals surface area contributed by atoms with Gasteiger partial charge >= 0.3 is 5.97 Å². The van der Waals surface area contributed by atoms with Crippen LogP contribution in [0.25, 0.3) is 0 Å². The Labute approximate surface area is 112 Å². The van der Waals surface area contributed by atoms with E-state index in [1.165, 1.54) is 0 Å². The van der Waals surface area contributed by atoms with Crippen molar-refractivity contribution >= 4 is 5.97 Å². The molecular formula is C15H19FO3. The smallest absolute Gasteiger partial charge is 0.303 e. The van der Waals surface area contributed by atoms with Crippen molar-refractivity contribution in [1.82, 2.24) is 0 Å². The Morgan fingerprint density at radius 1 is 1.53 bits per heavy atom. The van der Waals surface area contributed by atoms with Crippen LogP contribution in [0.1, 0.15) is 50.7 Å².